The van der Waals surface area contributed by atoms with Crippen molar-refractivity contribution in [1.82, 2.24) is 31.3 Å². The summed E-state index contributed by atoms with van der Waals surface area (Å²) in [5.41, 5.74) is 0. The molecule has 1 saturated carbocycles. The van der Waals surface area contributed by atoms with Gasteiger partial charge in [0.2, 0.25) is 5.91 Å². The fourth-order valence-corrected chi connectivity index (χ4v) is 4.35. The molecule has 0 spiro atoms. The summed E-state index contributed by atoms with van der Waals surface area (Å²) in [4.78, 5) is 23.5. The van der Waals surface area contributed by atoms with E-state index in [1.54, 1.807) is 0 Å². The lowest BCUT2D eigenvalue weighted by Gasteiger charge is -2.42. The van der Waals surface area contributed by atoms with E-state index in [9.17, 15) is 9.59 Å². The topological polar surface area (TPSA) is 122 Å². The van der Waals surface area contributed by atoms with Gasteiger partial charge in [-0.15, -0.1) is 10.2 Å². The van der Waals surface area contributed by atoms with Crippen LogP contribution in [-0.2, 0) is 20.7 Å². The molecular formula is C19H32N6O3. The van der Waals surface area contributed by atoms with Gasteiger partial charge in [0.05, 0.1) is 6.61 Å². The normalized spacial score (nSPS) is 29.8. The molecule has 1 amide bonds. The Morgan fingerprint density at radius 3 is 2.96 bits per heavy atom. The molecule has 0 bridgehead atoms. The molecule has 0 aromatic carbocycles. The number of tetrazole rings is 1. The van der Waals surface area contributed by atoms with Crippen molar-refractivity contribution in [2.45, 2.75) is 70.8 Å². The average molecular weight is 395 g/mol. The summed E-state index contributed by atoms with van der Waals surface area (Å²) in [6.45, 7) is 4.42. The van der Waals surface area contributed by atoms with Crippen LogP contribution in [0.4, 0.5) is 0 Å². The lowest BCUT2D eigenvalue weighted by atomic mass is 9.69. The fourth-order valence-electron chi connectivity index (χ4n) is 4.35. The van der Waals surface area contributed by atoms with Crippen LogP contribution in [0.3, 0.4) is 0 Å². The third kappa shape index (κ3) is 5.98. The Bertz CT molecular complexity index is 717. The maximum absolute atomic E-state index is 12.5. The molecular weight excluding hydrogens is 360 g/mol. The van der Waals surface area contributed by atoms with Gasteiger partial charge in [0.15, 0.2) is 5.82 Å². The number of rotatable bonds is 8. The van der Waals surface area contributed by atoms with E-state index in [0.29, 0.717) is 31.1 Å². The van der Waals surface area contributed by atoms with E-state index in [1.165, 1.54) is 6.92 Å². The minimum Gasteiger partial charge on any atom is -0.464 e. The molecule has 3 N–H and O–H groups in total. The predicted octanol–water partition coefficient (Wildman–Crippen LogP) is 0.985. The van der Waals surface area contributed by atoms with E-state index in [-0.39, 0.29) is 42.3 Å². The van der Waals surface area contributed by atoms with E-state index in [1.807, 2.05) is 6.92 Å². The van der Waals surface area contributed by atoms with E-state index >= 15 is 0 Å². The third-order valence-corrected chi connectivity index (χ3v) is 5.84. The van der Waals surface area contributed by atoms with Gasteiger partial charge in [0.1, 0.15) is 6.04 Å². The molecule has 1 aromatic rings. The van der Waals surface area contributed by atoms with Gasteiger partial charge in [-0.1, -0.05) is 11.6 Å². The first-order valence-corrected chi connectivity index (χ1v) is 10.2. The van der Waals surface area contributed by atoms with E-state index in [0.717, 1.165) is 25.8 Å². The highest BCUT2D eigenvalue weighted by molar-refractivity contribution is 5.76. The molecule has 5 atom stereocenters. The summed E-state index contributed by atoms with van der Waals surface area (Å²) in [7, 11) is 0. The largest absolute Gasteiger partial charge is 0.464 e. The molecule has 9 heteroatoms. The van der Waals surface area contributed by atoms with Crippen LogP contribution in [0.5, 0.6) is 0 Å². The standard InChI is InChI=1S/C19H32N6O3/c1-12(21-13(2)26)7-8-28-19(27)17-10-16-9-14(3-5-15(16)11-20-17)4-6-18-22-24-25-23-18/h12,14-17,20H,3-11H2,1-2H3,(H,21,26)(H,22,23,24,25)/t12-,14-,15+,16-,17+/m1/s1/i6D2. The van der Waals surface area contributed by atoms with Crippen LogP contribution in [-0.4, -0.2) is 57.7 Å². The number of nitrogens with one attached hydrogen (secondary N) is 3. The number of fused-ring (bicyclic) bond motifs is 1. The Kier molecular flexibility index (Phi) is 6.41. The first kappa shape index (κ1) is 18.0. The van der Waals surface area contributed by atoms with Crippen molar-refractivity contribution in [1.29, 1.82) is 0 Å². The van der Waals surface area contributed by atoms with Gasteiger partial charge in [-0.05, 0) is 56.9 Å². The van der Waals surface area contributed by atoms with Gasteiger partial charge in [-0.2, -0.15) is 5.21 Å². The van der Waals surface area contributed by atoms with Gasteiger partial charge in [0.25, 0.3) is 0 Å². The van der Waals surface area contributed by atoms with Crippen molar-refractivity contribution >= 4 is 11.9 Å². The maximum Gasteiger partial charge on any atom is 0.323 e. The van der Waals surface area contributed by atoms with Crippen molar-refractivity contribution in [3.8, 4) is 0 Å². The molecule has 156 valence electrons. The van der Waals surface area contributed by atoms with Gasteiger partial charge < -0.3 is 15.4 Å². The highest BCUT2D eigenvalue weighted by Gasteiger charge is 2.38. The number of carbonyl (C=O) groups is 2. The predicted molar refractivity (Wildman–Crippen MR) is 102 cm³/mol. The van der Waals surface area contributed by atoms with Crippen LogP contribution in [0, 0.1) is 17.8 Å². The summed E-state index contributed by atoms with van der Waals surface area (Å²) in [5, 5.41) is 19.5. The number of piperidine rings is 1. The van der Waals surface area contributed by atoms with Crippen LogP contribution in [0.25, 0.3) is 0 Å². The van der Waals surface area contributed by atoms with Gasteiger partial charge >= 0.3 is 5.97 Å². The van der Waals surface area contributed by atoms with Crippen LogP contribution in [0.2, 0.25) is 0 Å². The molecule has 2 fully saturated rings. The maximum atomic E-state index is 12.5. The molecule has 0 unspecified atom stereocenters. The molecule has 2 aliphatic rings. The SMILES string of the molecule is [2H]C([2H])(C[C@H]1CC[C@H]2CN[C@H](C(=O)OCC[C@@H](C)NC(C)=O)C[C@H]2C1)c1nn[nH]n1. The van der Waals surface area contributed by atoms with Crippen LogP contribution < -0.4 is 10.6 Å². The Morgan fingerprint density at radius 2 is 2.21 bits per heavy atom. The number of hydrogen-bond acceptors (Lipinski definition) is 7. The zero-order valence-corrected chi connectivity index (χ0v) is 16.6. The van der Waals surface area contributed by atoms with Gasteiger partial charge in [0, 0.05) is 28.5 Å². The number of aromatic nitrogens is 4. The second-order valence-electron chi connectivity index (χ2n) is 8.07. The molecule has 0 radical (unpaired) electrons. The molecule has 1 aliphatic carbocycles. The second kappa shape index (κ2) is 9.95. The highest BCUT2D eigenvalue weighted by Crippen LogP contribution is 2.40. The molecule has 2 heterocycles. The van der Waals surface area contributed by atoms with E-state index in [2.05, 4.69) is 31.3 Å². The smallest absolute Gasteiger partial charge is 0.323 e. The number of carbonyl (C=O) groups excluding carboxylic acids is 2. The molecule has 9 nitrogen and oxygen atoms in total. The van der Waals surface area contributed by atoms with Crippen LogP contribution in [0.1, 0.15) is 60.9 Å². The van der Waals surface area contributed by atoms with Crippen molar-refractivity contribution < 1.29 is 17.1 Å². The van der Waals surface area contributed by atoms with Crippen molar-refractivity contribution in [2.24, 2.45) is 17.8 Å². The fraction of sp³-hybridized carbons (Fsp3) is 0.842. The zero-order chi connectivity index (χ0) is 21.7. The molecule has 1 saturated heterocycles. The van der Waals surface area contributed by atoms with Crippen molar-refractivity contribution in [3.63, 3.8) is 0 Å². The third-order valence-electron chi connectivity index (χ3n) is 5.84. The lowest BCUT2D eigenvalue weighted by Crippen LogP contribution is -2.50. The quantitative estimate of drug-likeness (QED) is 0.562. The number of esters is 1. The summed E-state index contributed by atoms with van der Waals surface area (Å²) in [6.07, 6.45) is 2.94. The summed E-state index contributed by atoms with van der Waals surface area (Å²) in [5.74, 6) is 0.887. The molecule has 3 rings (SSSR count). The van der Waals surface area contributed by atoms with Gasteiger partial charge in [-0.25, -0.2) is 0 Å². The first-order chi connectivity index (χ1) is 14.2. The van der Waals surface area contributed by atoms with Crippen LogP contribution in [0.15, 0.2) is 0 Å². The van der Waals surface area contributed by atoms with E-state index < -0.39 is 6.37 Å². The number of nitrogens with zero attached hydrogens (tertiary/aromatic N) is 3. The molecule has 1 aliphatic heterocycles. The number of hydrogen-bond donors (Lipinski definition) is 3. The first-order valence-electron chi connectivity index (χ1n) is 11.2. The van der Waals surface area contributed by atoms with Crippen LogP contribution >= 0.6 is 0 Å². The molecule has 28 heavy (non-hydrogen) atoms. The average Bonchev–Trinajstić information content (AvgIpc) is 3.22. The number of aryl methyl sites for hydroxylation is 1. The Hall–Kier alpha value is -2.03. The molecule has 1 aromatic heterocycles. The Labute approximate surface area is 168 Å². The van der Waals surface area contributed by atoms with Crippen molar-refractivity contribution in [2.75, 3.05) is 13.2 Å². The second-order valence-corrected chi connectivity index (χ2v) is 8.07. The minimum atomic E-state index is -1.61. The summed E-state index contributed by atoms with van der Waals surface area (Å²) in [6, 6.07) is -0.359. The number of H-pyrrole nitrogens is 1. The zero-order valence-electron chi connectivity index (χ0n) is 18.6. The van der Waals surface area contributed by atoms with Crippen molar-refractivity contribution in [3.05, 3.63) is 5.82 Å². The van der Waals surface area contributed by atoms with Gasteiger partial charge in [-0.3, -0.25) is 9.59 Å². The summed E-state index contributed by atoms with van der Waals surface area (Å²) >= 11 is 0. The number of amides is 1. The number of ether oxygens (including phenoxy) is 1. The summed E-state index contributed by atoms with van der Waals surface area (Å²) < 4.78 is 22.0. The lowest BCUT2D eigenvalue weighted by molar-refractivity contribution is -0.148. The highest BCUT2D eigenvalue weighted by atomic mass is 16.5. The minimum absolute atomic E-state index is 0.0349. The van der Waals surface area contributed by atoms with E-state index in [4.69, 9.17) is 7.48 Å². The Morgan fingerprint density at radius 1 is 1.36 bits per heavy atom. The monoisotopic (exact) mass is 394 g/mol. The Balaban J connectivity index is 1.46. The number of aromatic amines is 1.